The maximum atomic E-state index is 12.0. The standard InChI is InChI=1S/C20H17N3O3/c1-25-20(24)19-18(22)15(11-21)12-23(19)16-7-9-17(10-8-16)26-13-14-5-3-2-4-6-14/h2-10,12H,13,22H2,1H3. The molecule has 1 aromatic heterocycles. The molecule has 130 valence electrons. The highest BCUT2D eigenvalue weighted by molar-refractivity contribution is 5.95. The molecule has 0 spiro atoms. The van der Waals surface area contributed by atoms with Crippen molar-refractivity contribution in [3.05, 3.63) is 77.6 Å². The van der Waals surface area contributed by atoms with Crippen LogP contribution in [0.25, 0.3) is 5.69 Å². The first-order valence-corrected chi connectivity index (χ1v) is 7.90. The Morgan fingerprint density at radius 3 is 2.46 bits per heavy atom. The topological polar surface area (TPSA) is 90.3 Å². The average molecular weight is 347 g/mol. The Morgan fingerprint density at radius 1 is 1.15 bits per heavy atom. The van der Waals surface area contributed by atoms with Crippen molar-refractivity contribution in [2.24, 2.45) is 0 Å². The van der Waals surface area contributed by atoms with E-state index in [1.807, 2.05) is 36.4 Å². The van der Waals surface area contributed by atoms with Crippen molar-refractivity contribution in [2.75, 3.05) is 12.8 Å². The molecule has 6 nitrogen and oxygen atoms in total. The number of anilines is 1. The third-order valence-electron chi connectivity index (χ3n) is 3.91. The quantitative estimate of drug-likeness (QED) is 0.715. The van der Waals surface area contributed by atoms with Crippen LogP contribution in [0.1, 0.15) is 21.6 Å². The van der Waals surface area contributed by atoms with Crippen LogP contribution < -0.4 is 10.5 Å². The van der Waals surface area contributed by atoms with E-state index in [0.29, 0.717) is 18.0 Å². The number of ether oxygens (including phenoxy) is 2. The molecule has 0 saturated carbocycles. The Balaban J connectivity index is 1.85. The monoisotopic (exact) mass is 347 g/mol. The molecule has 1 heterocycles. The first-order chi connectivity index (χ1) is 12.6. The summed E-state index contributed by atoms with van der Waals surface area (Å²) in [4.78, 5) is 12.0. The molecule has 0 radical (unpaired) electrons. The van der Waals surface area contributed by atoms with E-state index in [9.17, 15) is 4.79 Å². The van der Waals surface area contributed by atoms with E-state index in [0.717, 1.165) is 5.56 Å². The van der Waals surface area contributed by atoms with Crippen LogP contribution in [-0.2, 0) is 11.3 Å². The molecule has 0 aliphatic carbocycles. The van der Waals surface area contributed by atoms with Crippen molar-refractivity contribution < 1.29 is 14.3 Å². The summed E-state index contributed by atoms with van der Waals surface area (Å²) in [6.45, 7) is 0.461. The fraction of sp³-hybridized carbons (Fsp3) is 0.100. The highest BCUT2D eigenvalue weighted by atomic mass is 16.5. The van der Waals surface area contributed by atoms with Gasteiger partial charge >= 0.3 is 5.97 Å². The minimum absolute atomic E-state index is 0.101. The molecule has 0 amide bonds. The number of rotatable bonds is 5. The van der Waals surface area contributed by atoms with Crippen LogP contribution in [0.3, 0.4) is 0 Å². The van der Waals surface area contributed by atoms with E-state index in [4.69, 9.17) is 20.5 Å². The van der Waals surface area contributed by atoms with E-state index < -0.39 is 5.97 Å². The second-order valence-corrected chi connectivity index (χ2v) is 5.55. The van der Waals surface area contributed by atoms with Gasteiger partial charge in [-0.3, -0.25) is 0 Å². The molecule has 3 rings (SSSR count). The zero-order valence-corrected chi connectivity index (χ0v) is 14.2. The van der Waals surface area contributed by atoms with Gasteiger partial charge in [-0.05, 0) is 29.8 Å². The van der Waals surface area contributed by atoms with E-state index >= 15 is 0 Å². The lowest BCUT2D eigenvalue weighted by Gasteiger charge is -2.10. The molecular weight excluding hydrogens is 330 g/mol. The van der Waals surface area contributed by atoms with Crippen LogP contribution in [0.15, 0.2) is 60.8 Å². The lowest BCUT2D eigenvalue weighted by molar-refractivity contribution is 0.0593. The largest absolute Gasteiger partial charge is 0.489 e. The van der Waals surface area contributed by atoms with Gasteiger partial charge in [0.25, 0.3) is 0 Å². The molecule has 0 bridgehead atoms. The molecule has 6 heteroatoms. The lowest BCUT2D eigenvalue weighted by Crippen LogP contribution is -2.11. The van der Waals surface area contributed by atoms with Crippen LogP contribution in [0.5, 0.6) is 5.75 Å². The van der Waals surface area contributed by atoms with Crippen LogP contribution >= 0.6 is 0 Å². The number of nitriles is 1. The third kappa shape index (κ3) is 3.37. The van der Waals surface area contributed by atoms with Crippen molar-refractivity contribution in [2.45, 2.75) is 6.61 Å². The number of methoxy groups -OCH3 is 1. The number of nitrogens with two attached hydrogens (primary N) is 1. The van der Waals surface area contributed by atoms with E-state index in [-0.39, 0.29) is 16.9 Å². The van der Waals surface area contributed by atoms with Gasteiger partial charge in [0.2, 0.25) is 0 Å². The second-order valence-electron chi connectivity index (χ2n) is 5.55. The summed E-state index contributed by atoms with van der Waals surface area (Å²) in [5, 5.41) is 9.16. The Labute approximate surface area is 151 Å². The summed E-state index contributed by atoms with van der Waals surface area (Å²) in [5.74, 6) is 0.0891. The van der Waals surface area contributed by atoms with E-state index in [2.05, 4.69) is 0 Å². The summed E-state index contributed by atoms with van der Waals surface area (Å²) < 4.78 is 12.1. The van der Waals surface area contributed by atoms with Crippen LogP contribution in [0, 0.1) is 11.3 Å². The Kier molecular flexibility index (Phi) is 4.90. The van der Waals surface area contributed by atoms with E-state index in [1.165, 1.54) is 13.3 Å². The number of carbonyl (C=O) groups excluding carboxylic acids is 1. The number of esters is 1. The first kappa shape index (κ1) is 17.1. The molecule has 3 aromatic rings. The molecule has 0 aliphatic rings. The smallest absolute Gasteiger partial charge is 0.357 e. The number of carbonyl (C=O) groups is 1. The molecule has 0 saturated heterocycles. The second kappa shape index (κ2) is 7.45. The highest BCUT2D eigenvalue weighted by Gasteiger charge is 2.21. The number of hydrogen-bond donors (Lipinski definition) is 1. The van der Waals surface area contributed by atoms with Crippen LogP contribution in [0.2, 0.25) is 0 Å². The zero-order valence-electron chi connectivity index (χ0n) is 14.2. The number of aromatic nitrogens is 1. The minimum Gasteiger partial charge on any atom is -0.489 e. The van der Waals surface area contributed by atoms with Gasteiger partial charge in [-0.15, -0.1) is 0 Å². The summed E-state index contributed by atoms with van der Waals surface area (Å²) in [5.41, 5.74) is 8.09. The fourth-order valence-electron chi connectivity index (χ4n) is 2.56. The summed E-state index contributed by atoms with van der Waals surface area (Å²) in [7, 11) is 1.27. The summed E-state index contributed by atoms with van der Waals surface area (Å²) in [6.07, 6.45) is 1.52. The van der Waals surface area contributed by atoms with Gasteiger partial charge in [0.05, 0.1) is 18.4 Å². The third-order valence-corrected chi connectivity index (χ3v) is 3.91. The molecule has 0 aliphatic heterocycles. The molecule has 26 heavy (non-hydrogen) atoms. The maximum Gasteiger partial charge on any atom is 0.357 e. The van der Waals surface area contributed by atoms with E-state index in [1.54, 1.807) is 28.8 Å². The van der Waals surface area contributed by atoms with Gasteiger partial charge in [-0.25, -0.2) is 4.79 Å². The predicted molar refractivity (Wildman–Crippen MR) is 97.0 cm³/mol. The summed E-state index contributed by atoms with van der Waals surface area (Å²) >= 11 is 0. The number of hydrogen-bond acceptors (Lipinski definition) is 5. The molecule has 2 aromatic carbocycles. The van der Waals surface area contributed by atoms with Gasteiger partial charge in [-0.2, -0.15) is 5.26 Å². The Hall–Kier alpha value is -3.72. The lowest BCUT2D eigenvalue weighted by atomic mass is 10.2. The van der Waals surface area contributed by atoms with Crippen molar-refractivity contribution in [1.29, 1.82) is 5.26 Å². The fourth-order valence-corrected chi connectivity index (χ4v) is 2.56. The Bertz CT molecular complexity index is 954. The molecular formula is C20H17N3O3. The first-order valence-electron chi connectivity index (χ1n) is 7.90. The summed E-state index contributed by atoms with van der Waals surface area (Å²) in [6, 6.07) is 19.0. The highest BCUT2D eigenvalue weighted by Crippen LogP contribution is 2.26. The number of nitrogens with zero attached hydrogens (tertiary/aromatic N) is 2. The Morgan fingerprint density at radius 2 is 1.85 bits per heavy atom. The zero-order chi connectivity index (χ0) is 18.5. The van der Waals surface area contributed by atoms with Gasteiger partial charge < -0.3 is 19.8 Å². The van der Waals surface area contributed by atoms with Crippen LogP contribution in [-0.4, -0.2) is 17.6 Å². The van der Waals surface area contributed by atoms with Gasteiger partial charge in [0.1, 0.15) is 18.4 Å². The van der Waals surface area contributed by atoms with Gasteiger partial charge in [-0.1, -0.05) is 30.3 Å². The maximum absolute atomic E-state index is 12.0. The minimum atomic E-state index is -0.603. The SMILES string of the molecule is COC(=O)c1c(N)c(C#N)cn1-c1ccc(OCc2ccccc2)cc1. The average Bonchev–Trinajstić information content (AvgIpc) is 3.03. The number of nitrogen functional groups attached to an aromatic ring is 1. The molecule has 0 unspecified atom stereocenters. The van der Waals surface area contributed by atoms with Gasteiger partial charge in [0, 0.05) is 11.9 Å². The van der Waals surface area contributed by atoms with Crippen molar-refractivity contribution in [3.63, 3.8) is 0 Å². The normalized spacial score (nSPS) is 10.2. The molecule has 0 fully saturated rings. The predicted octanol–water partition coefficient (Wildman–Crippen LogP) is 3.30. The van der Waals surface area contributed by atoms with Crippen molar-refractivity contribution >= 4 is 11.7 Å². The van der Waals surface area contributed by atoms with Crippen molar-refractivity contribution in [1.82, 2.24) is 4.57 Å². The van der Waals surface area contributed by atoms with Crippen molar-refractivity contribution in [3.8, 4) is 17.5 Å². The van der Waals surface area contributed by atoms with Gasteiger partial charge in [0.15, 0.2) is 5.69 Å². The number of benzene rings is 2. The molecule has 0 atom stereocenters. The van der Waals surface area contributed by atoms with Crippen LogP contribution in [0.4, 0.5) is 5.69 Å². The molecule has 2 N–H and O–H groups in total.